The SMILES string of the molecule is COC(=O)c1ccccc1NC(=O)C=C(C)C. The highest BCUT2D eigenvalue weighted by molar-refractivity contribution is 6.05. The van der Waals surface area contributed by atoms with E-state index in [-0.39, 0.29) is 5.91 Å². The third-order valence-electron chi connectivity index (χ3n) is 2.01. The summed E-state index contributed by atoms with van der Waals surface area (Å²) < 4.78 is 4.63. The first-order valence-electron chi connectivity index (χ1n) is 5.18. The van der Waals surface area contributed by atoms with Crippen molar-refractivity contribution in [1.82, 2.24) is 0 Å². The molecule has 0 saturated carbocycles. The molecular formula is C13H15NO3. The zero-order valence-electron chi connectivity index (χ0n) is 10.1. The average molecular weight is 233 g/mol. The Kier molecular flexibility index (Phi) is 4.46. The van der Waals surface area contributed by atoms with Crippen molar-refractivity contribution in [3.05, 3.63) is 41.5 Å². The van der Waals surface area contributed by atoms with E-state index < -0.39 is 5.97 Å². The lowest BCUT2D eigenvalue weighted by Gasteiger charge is -2.07. The number of methoxy groups -OCH3 is 1. The Morgan fingerprint density at radius 1 is 1.24 bits per heavy atom. The summed E-state index contributed by atoms with van der Waals surface area (Å²) in [5.41, 5.74) is 1.67. The van der Waals surface area contributed by atoms with Crippen molar-refractivity contribution in [1.29, 1.82) is 0 Å². The van der Waals surface area contributed by atoms with Gasteiger partial charge in [-0.05, 0) is 26.0 Å². The minimum atomic E-state index is -0.474. The van der Waals surface area contributed by atoms with Crippen molar-refractivity contribution in [3.8, 4) is 0 Å². The molecule has 1 rings (SSSR count). The van der Waals surface area contributed by atoms with E-state index in [1.807, 2.05) is 13.8 Å². The van der Waals surface area contributed by atoms with E-state index in [4.69, 9.17) is 0 Å². The molecule has 0 saturated heterocycles. The second kappa shape index (κ2) is 5.84. The van der Waals surface area contributed by atoms with Gasteiger partial charge < -0.3 is 10.1 Å². The summed E-state index contributed by atoms with van der Waals surface area (Å²) in [5, 5.41) is 2.64. The smallest absolute Gasteiger partial charge is 0.339 e. The van der Waals surface area contributed by atoms with Crippen molar-refractivity contribution >= 4 is 17.6 Å². The predicted octanol–water partition coefficient (Wildman–Crippen LogP) is 2.38. The largest absolute Gasteiger partial charge is 0.465 e. The molecule has 0 heterocycles. The molecule has 1 aromatic carbocycles. The van der Waals surface area contributed by atoms with Crippen LogP contribution in [0.2, 0.25) is 0 Å². The van der Waals surface area contributed by atoms with Gasteiger partial charge in [0.25, 0.3) is 0 Å². The van der Waals surface area contributed by atoms with Crippen LogP contribution < -0.4 is 5.32 Å². The summed E-state index contributed by atoms with van der Waals surface area (Å²) in [7, 11) is 1.30. The molecule has 0 aromatic heterocycles. The number of anilines is 1. The molecule has 0 aliphatic heterocycles. The molecule has 4 nitrogen and oxygen atoms in total. The highest BCUT2D eigenvalue weighted by Gasteiger charge is 2.11. The van der Waals surface area contributed by atoms with Crippen molar-refractivity contribution in [2.24, 2.45) is 0 Å². The summed E-state index contributed by atoms with van der Waals surface area (Å²) in [6.07, 6.45) is 1.47. The quantitative estimate of drug-likeness (QED) is 0.644. The molecule has 0 fully saturated rings. The van der Waals surface area contributed by atoms with E-state index in [0.717, 1.165) is 5.57 Å². The molecule has 0 aliphatic carbocycles. The van der Waals surface area contributed by atoms with Crippen LogP contribution in [0.3, 0.4) is 0 Å². The molecule has 1 amide bonds. The van der Waals surface area contributed by atoms with Gasteiger partial charge >= 0.3 is 5.97 Å². The molecule has 0 aliphatic rings. The number of carbonyl (C=O) groups is 2. The number of nitrogens with one attached hydrogen (secondary N) is 1. The molecule has 4 heteroatoms. The van der Waals surface area contributed by atoms with E-state index in [1.165, 1.54) is 13.2 Å². The Labute approximate surface area is 100 Å². The fourth-order valence-corrected chi connectivity index (χ4v) is 1.31. The van der Waals surface area contributed by atoms with E-state index in [0.29, 0.717) is 11.3 Å². The molecular weight excluding hydrogens is 218 g/mol. The third kappa shape index (κ3) is 3.75. The van der Waals surface area contributed by atoms with Crippen LogP contribution in [0.15, 0.2) is 35.9 Å². The minimum Gasteiger partial charge on any atom is -0.465 e. The van der Waals surface area contributed by atoms with Gasteiger partial charge in [-0.15, -0.1) is 0 Å². The van der Waals surface area contributed by atoms with E-state index >= 15 is 0 Å². The highest BCUT2D eigenvalue weighted by atomic mass is 16.5. The molecule has 0 unspecified atom stereocenters. The van der Waals surface area contributed by atoms with Gasteiger partial charge in [-0.25, -0.2) is 4.79 Å². The van der Waals surface area contributed by atoms with Crippen LogP contribution in [0.25, 0.3) is 0 Å². The normalized spacial score (nSPS) is 9.35. The second-order valence-electron chi connectivity index (χ2n) is 3.75. The average Bonchev–Trinajstić information content (AvgIpc) is 2.27. The molecule has 17 heavy (non-hydrogen) atoms. The lowest BCUT2D eigenvalue weighted by Crippen LogP contribution is -2.13. The predicted molar refractivity (Wildman–Crippen MR) is 65.8 cm³/mol. The molecule has 90 valence electrons. The summed E-state index contributed by atoms with van der Waals surface area (Å²) in [5.74, 6) is -0.737. The molecule has 0 radical (unpaired) electrons. The first-order chi connectivity index (χ1) is 8.04. The van der Waals surface area contributed by atoms with Crippen molar-refractivity contribution in [3.63, 3.8) is 0 Å². The van der Waals surface area contributed by atoms with Crippen LogP contribution in [0, 0.1) is 0 Å². The number of carbonyl (C=O) groups excluding carboxylic acids is 2. The van der Waals surface area contributed by atoms with Gasteiger partial charge in [0, 0.05) is 6.08 Å². The Hall–Kier alpha value is -2.10. The molecule has 1 aromatic rings. The number of hydrogen-bond acceptors (Lipinski definition) is 3. The van der Waals surface area contributed by atoms with Crippen molar-refractivity contribution in [2.75, 3.05) is 12.4 Å². The zero-order valence-corrected chi connectivity index (χ0v) is 10.1. The second-order valence-corrected chi connectivity index (χ2v) is 3.75. The Balaban J connectivity index is 2.95. The first kappa shape index (κ1) is 13.0. The van der Waals surface area contributed by atoms with Crippen LogP contribution in [-0.2, 0) is 9.53 Å². The number of allylic oxidation sites excluding steroid dienone is 1. The van der Waals surface area contributed by atoms with Gasteiger partial charge in [-0.2, -0.15) is 0 Å². The third-order valence-corrected chi connectivity index (χ3v) is 2.01. The number of esters is 1. The lowest BCUT2D eigenvalue weighted by atomic mass is 10.1. The van der Waals surface area contributed by atoms with Gasteiger partial charge in [0.1, 0.15) is 0 Å². The number of benzene rings is 1. The Bertz CT molecular complexity index is 459. The summed E-state index contributed by atoms with van der Waals surface area (Å²) in [6.45, 7) is 3.65. The molecule has 0 spiro atoms. The maximum atomic E-state index is 11.5. The molecule has 0 bridgehead atoms. The molecule has 0 atom stereocenters. The topological polar surface area (TPSA) is 55.4 Å². The number of rotatable bonds is 3. The van der Waals surface area contributed by atoms with Crippen LogP contribution >= 0.6 is 0 Å². The maximum absolute atomic E-state index is 11.5. The zero-order chi connectivity index (χ0) is 12.8. The summed E-state index contributed by atoms with van der Waals surface area (Å²) in [4.78, 5) is 23.0. The summed E-state index contributed by atoms with van der Waals surface area (Å²) in [6, 6.07) is 6.71. The number of para-hydroxylation sites is 1. The minimum absolute atomic E-state index is 0.263. The first-order valence-corrected chi connectivity index (χ1v) is 5.18. The Morgan fingerprint density at radius 2 is 1.88 bits per heavy atom. The standard InChI is InChI=1S/C13H15NO3/c1-9(2)8-12(15)14-11-7-5-4-6-10(11)13(16)17-3/h4-8H,1-3H3,(H,14,15). The van der Waals surface area contributed by atoms with Crippen molar-refractivity contribution in [2.45, 2.75) is 13.8 Å². The summed E-state index contributed by atoms with van der Waals surface area (Å²) >= 11 is 0. The van der Waals surface area contributed by atoms with Gasteiger partial charge in [-0.3, -0.25) is 4.79 Å². The molecule has 1 N–H and O–H groups in total. The van der Waals surface area contributed by atoms with Gasteiger partial charge in [0.15, 0.2) is 0 Å². The van der Waals surface area contributed by atoms with E-state index in [9.17, 15) is 9.59 Å². The van der Waals surface area contributed by atoms with Gasteiger partial charge in [0.2, 0.25) is 5.91 Å². The van der Waals surface area contributed by atoms with Crippen molar-refractivity contribution < 1.29 is 14.3 Å². The van der Waals surface area contributed by atoms with Gasteiger partial charge in [-0.1, -0.05) is 17.7 Å². The van der Waals surface area contributed by atoms with Crippen LogP contribution in [0.1, 0.15) is 24.2 Å². The van der Waals surface area contributed by atoms with E-state index in [1.54, 1.807) is 24.3 Å². The maximum Gasteiger partial charge on any atom is 0.339 e. The Morgan fingerprint density at radius 3 is 2.47 bits per heavy atom. The van der Waals surface area contributed by atoms with Crippen LogP contribution in [-0.4, -0.2) is 19.0 Å². The highest BCUT2D eigenvalue weighted by Crippen LogP contribution is 2.16. The fraction of sp³-hybridized carbons (Fsp3) is 0.231. The number of ether oxygens (including phenoxy) is 1. The van der Waals surface area contributed by atoms with Crippen LogP contribution in [0.4, 0.5) is 5.69 Å². The van der Waals surface area contributed by atoms with Crippen LogP contribution in [0.5, 0.6) is 0 Å². The van der Waals surface area contributed by atoms with Gasteiger partial charge in [0.05, 0.1) is 18.4 Å². The number of hydrogen-bond donors (Lipinski definition) is 1. The number of amides is 1. The van der Waals surface area contributed by atoms with E-state index in [2.05, 4.69) is 10.1 Å². The lowest BCUT2D eigenvalue weighted by molar-refractivity contribution is -0.111. The monoisotopic (exact) mass is 233 g/mol. The fourth-order valence-electron chi connectivity index (χ4n) is 1.31.